The second-order valence-electron chi connectivity index (χ2n) is 2.06. The molecule has 0 unspecified atom stereocenters. The summed E-state index contributed by atoms with van der Waals surface area (Å²) >= 11 is 0. The van der Waals surface area contributed by atoms with Crippen molar-refractivity contribution in [2.75, 3.05) is 6.54 Å². The van der Waals surface area contributed by atoms with E-state index in [9.17, 15) is 0 Å². The molecular formula is C6H16ClNO. The average molecular weight is 154 g/mol. The van der Waals surface area contributed by atoms with Crippen LogP contribution in [0.3, 0.4) is 0 Å². The monoisotopic (exact) mass is 153 g/mol. The number of nitrogens with one attached hydrogen (secondary N) is 1. The molecule has 2 nitrogen and oxygen atoms in total. The lowest BCUT2D eigenvalue weighted by molar-refractivity contribution is -0.00446. The van der Waals surface area contributed by atoms with Gasteiger partial charge in [0, 0.05) is 6.54 Å². The van der Waals surface area contributed by atoms with Crippen molar-refractivity contribution >= 4 is 12.4 Å². The van der Waals surface area contributed by atoms with E-state index >= 15 is 0 Å². The van der Waals surface area contributed by atoms with Gasteiger partial charge in [-0.1, -0.05) is 6.92 Å². The second kappa shape index (κ2) is 8.21. The van der Waals surface area contributed by atoms with Crippen LogP contribution in [-0.2, 0) is 4.84 Å². The molecule has 1 N–H and O–H groups in total. The van der Waals surface area contributed by atoms with E-state index in [0.717, 1.165) is 13.0 Å². The molecule has 0 aromatic heterocycles. The van der Waals surface area contributed by atoms with Crippen molar-refractivity contribution in [2.24, 2.45) is 0 Å². The SMILES string of the molecule is CCCNOC(C)C.Cl. The van der Waals surface area contributed by atoms with Crippen LogP contribution in [0.25, 0.3) is 0 Å². The highest BCUT2D eigenvalue weighted by molar-refractivity contribution is 5.85. The number of rotatable bonds is 4. The predicted octanol–water partition coefficient (Wildman–Crippen LogP) is 1.75. The van der Waals surface area contributed by atoms with Gasteiger partial charge in [-0.2, -0.15) is 0 Å². The van der Waals surface area contributed by atoms with Crippen molar-refractivity contribution in [3.63, 3.8) is 0 Å². The van der Waals surface area contributed by atoms with Gasteiger partial charge in [-0.15, -0.1) is 12.4 Å². The molecule has 0 heterocycles. The molecule has 0 radical (unpaired) electrons. The van der Waals surface area contributed by atoms with E-state index in [1.165, 1.54) is 0 Å². The first-order valence-electron chi connectivity index (χ1n) is 3.16. The summed E-state index contributed by atoms with van der Waals surface area (Å²) in [7, 11) is 0. The Morgan fingerprint density at radius 1 is 1.44 bits per heavy atom. The molecule has 0 bridgehead atoms. The van der Waals surface area contributed by atoms with Gasteiger partial charge in [0.05, 0.1) is 6.10 Å². The van der Waals surface area contributed by atoms with Crippen molar-refractivity contribution < 1.29 is 4.84 Å². The van der Waals surface area contributed by atoms with Gasteiger partial charge < -0.3 is 0 Å². The smallest absolute Gasteiger partial charge is 0.0734 e. The summed E-state index contributed by atoms with van der Waals surface area (Å²) in [6.45, 7) is 7.06. The van der Waals surface area contributed by atoms with Gasteiger partial charge in [-0.05, 0) is 20.3 Å². The molecule has 3 heteroatoms. The molecule has 58 valence electrons. The van der Waals surface area contributed by atoms with E-state index in [4.69, 9.17) is 4.84 Å². The summed E-state index contributed by atoms with van der Waals surface area (Å²) in [4.78, 5) is 5.03. The molecule has 0 aromatic carbocycles. The topological polar surface area (TPSA) is 21.3 Å². The van der Waals surface area contributed by atoms with E-state index in [2.05, 4.69) is 12.4 Å². The quantitative estimate of drug-likeness (QED) is 0.491. The molecule has 0 saturated carbocycles. The Bertz CT molecular complexity index is 50.3. The number of hydrogen-bond donors (Lipinski definition) is 1. The maximum Gasteiger partial charge on any atom is 0.0734 e. The minimum absolute atomic E-state index is 0. The molecule has 0 atom stereocenters. The highest BCUT2D eigenvalue weighted by atomic mass is 35.5. The van der Waals surface area contributed by atoms with Gasteiger partial charge in [0.2, 0.25) is 0 Å². The molecule has 0 aliphatic heterocycles. The fourth-order valence-corrected chi connectivity index (χ4v) is 0.328. The summed E-state index contributed by atoms with van der Waals surface area (Å²) in [5.74, 6) is 0. The lowest BCUT2D eigenvalue weighted by Gasteiger charge is -2.05. The van der Waals surface area contributed by atoms with E-state index in [0.29, 0.717) is 6.10 Å². The van der Waals surface area contributed by atoms with Gasteiger partial charge in [-0.3, -0.25) is 4.84 Å². The molecule has 0 aliphatic carbocycles. The largest absolute Gasteiger partial charge is 0.299 e. The van der Waals surface area contributed by atoms with Gasteiger partial charge in [-0.25, -0.2) is 5.48 Å². The van der Waals surface area contributed by atoms with Gasteiger partial charge >= 0.3 is 0 Å². The fourth-order valence-electron chi connectivity index (χ4n) is 0.328. The van der Waals surface area contributed by atoms with Crippen molar-refractivity contribution in [1.29, 1.82) is 0 Å². The lowest BCUT2D eigenvalue weighted by Crippen LogP contribution is -2.19. The molecular weight excluding hydrogens is 138 g/mol. The molecule has 0 aromatic rings. The molecule has 0 spiro atoms. The van der Waals surface area contributed by atoms with Crippen molar-refractivity contribution in [3.8, 4) is 0 Å². The Morgan fingerprint density at radius 2 is 2.00 bits per heavy atom. The number of halogens is 1. The first-order chi connectivity index (χ1) is 3.77. The summed E-state index contributed by atoms with van der Waals surface area (Å²) in [6.07, 6.45) is 1.41. The highest BCUT2D eigenvalue weighted by Gasteiger charge is 1.88. The Hall–Kier alpha value is 0.210. The van der Waals surface area contributed by atoms with Crippen LogP contribution in [0.4, 0.5) is 0 Å². The van der Waals surface area contributed by atoms with E-state index in [1.54, 1.807) is 0 Å². The van der Waals surface area contributed by atoms with Crippen molar-refractivity contribution in [1.82, 2.24) is 5.48 Å². The Balaban J connectivity index is 0. The summed E-state index contributed by atoms with van der Waals surface area (Å²) < 4.78 is 0. The van der Waals surface area contributed by atoms with Gasteiger partial charge in [0.15, 0.2) is 0 Å². The highest BCUT2D eigenvalue weighted by Crippen LogP contribution is 1.81. The summed E-state index contributed by atoms with van der Waals surface area (Å²) in [6, 6.07) is 0. The predicted molar refractivity (Wildman–Crippen MR) is 41.8 cm³/mol. The molecule has 0 rings (SSSR count). The second-order valence-corrected chi connectivity index (χ2v) is 2.06. The maximum atomic E-state index is 5.03. The standard InChI is InChI=1S/C6H15NO.ClH/c1-4-5-7-8-6(2)3;/h6-7H,4-5H2,1-3H3;1H. The minimum Gasteiger partial charge on any atom is -0.299 e. The molecule has 0 fully saturated rings. The first-order valence-corrected chi connectivity index (χ1v) is 3.16. The van der Waals surface area contributed by atoms with Gasteiger partial charge in [0.25, 0.3) is 0 Å². The zero-order valence-corrected chi connectivity index (χ0v) is 7.12. The molecule has 0 amide bonds. The van der Waals surface area contributed by atoms with Crippen LogP contribution in [0.2, 0.25) is 0 Å². The summed E-state index contributed by atoms with van der Waals surface area (Å²) in [5, 5.41) is 0. The van der Waals surface area contributed by atoms with Crippen LogP contribution in [0.5, 0.6) is 0 Å². The first kappa shape index (κ1) is 11.9. The van der Waals surface area contributed by atoms with E-state index < -0.39 is 0 Å². The third-order valence-corrected chi connectivity index (χ3v) is 0.671. The lowest BCUT2D eigenvalue weighted by atomic mass is 10.5. The van der Waals surface area contributed by atoms with E-state index in [-0.39, 0.29) is 12.4 Å². The zero-order chi connectivity index (χ0) is 6.41. The molecule has 9 heavy (non-hydrogen) atoms. The molecule has 0 aliphatic rings. The average Bonchev–Trinajstić information content (AvgIpc) is 1.66. The Labute approximate surface area is 63.3 Å². The fraction of sp³-hybridized carbons (Fsp3) is 1.00. The van der Waals surface area contributed by atoms with Crippen LogP contribution < -0.4 is 5.48 Å². The summed E-state index contributed by atoms with van der Waals surface area (Å²) in [5.41, 5.74) is 2.83. The van der Waals surface area contributed by atoms with Gasteiger partial charge in [0.1, 0.15) is 0 Å². The number of hydrogen-bond acceptors (Lipinski definition) is 2. The molecule has 0 saturated heterocycles. The van der Waals surface area contributed by atoms with Crippen LogP contribution in [-0.4, -0.2) is 12.6 Å². The minimum atomic E-state index is 0. The Morgan fingerprint density at radius 3 is 2.33 bits per heavy atom. The maximum absolute atomic E-state index is 5.03. The zero-order valence-electron chi connectivity index (χ0n) is 6.31. The third-order valence-electron chi connectivity index (χ3n) is 0.671. The van der Waals surface area contributed by atoms with Crippen molar-refractivity contribution in [3.05, 3.63) is 0 Å². The van der Waals surface area contributed by atoms with Crippen LogP contribution >= 0.6 is 12.4 Å². The number of hydroxylamine groups is 1. The van der Waals surface area contributed by atoms with Crippen LogP contribution in [0, 0.1) is 0 Å². The Kier molecular flexibility index (Phi) is 10.9. The normalized spacial score (nSPS) is 9.33. The van der Waals surface area contributed by atoms with Crippen molar-refractivity contribution in [2.45, 2.75) is 33.3 Å². The van der Waals surface area contributed by atoms with E-state index in [1.807, 2.05) is 13.8 Å². The third kappa shape index (κ3) is 11.7. The van der Waals surface area contributed by atoms with Crippen LogP contribution in [0.15, 0.2) is 0 Å². The van der Waals surface area contributed by atoms with Crippen LogP contribution in [0.1, 0.15) is 27.2 Å².